The lowest BCUT2D eigenvalue weighted by Crippen LogP contribution is -2.28. The molecule has 0 radical (unpaired) electrons. The van der Waals surface area contributed by atoms with Crippen molar-refractivity contribution in [1.29, 1.82) is 0 Å². The quantitative estimate of drug-likeness (QED) is 0.765. The molecule has 0 saturated carbocycles. The average molecular weight is 374 g/mol. The molecule has 7 nitrogen and oxygen atoms in total. The Hall–Kier alpha value is -2.67. The summed E-state index contributed by atoms with van der Waals surface area (Å²) >= 11 is 5.95. The van der Waals surface area contributed by atoms with Gasteiger partial charge in [-0.25, -0.2) is 4.98 Å². The van der Waals surface area contributed by atoms with E-state index in [2.05, 4.69) is 15.4 Å². The monoisotopic (exact) mass is 373 g/mol. The molecule has 0 aliphatic heterocycles. The highest BCUT2D eigenvalue weighted by molar-refractivity contribution is 6.31. The van der Waals surface area contributed by atoms with Crippen molar-refractivity contribution in [1.82, 2.24) is 19.3 Å². The Morgan fingerprint density at radius 2 is 2.00 bits per heavy atom. The molecular formula is C18H20ClN5O2. The first-order chi connectivity index (χ1) is 12.1. The molecule has 136 valence electrons. The van der Waals surface area contributed by atoms with Crippen LogP contribution in [0.3, 0.4) is 0 Å². The summed E-state index contributed by atoms with van der Waals surface area (Å²) in [5.74, 6) is 0.239. The van der Waals surface area contributed by atoms with Crippen molar-refractivity contribution < 1.29 is 4.79 Å². The predicted octanol–water partition coefficient (Wildman–Crippen LogP) is 2.72. The topological polar surface area (TPSA) is 81.8 Å². The van der Waals surface area contributed by atoms with Crippen LogP contribution in [0.1, 0.15) is 26.5 Å². The normalized spacial score (nSPS) is 11.7. The molecule has 1 N–H and O–H groups in total. The van der Waals surface area contributed by atoms with Crippen molar-refractivity contribution in [2.24, 2.45) is 7.05 Å². The number of carbonyl (C=O) groups excluding carboxylic acids is 1. The zero-order valence-corrected chi connectivity index (χ0v) is 15.8. The fourth-order valence-corrected chi connectivity index (χ4v) is 2.70. The summed E-state index contributed by atoms with van der Waals surface area (Å²) in [6.07, 6.45) is 1.36. The van der Waals surface area contributed by atoms with Gasteiger partial charge in [0.25, 0.3) is 5.56 Å². The zero-order valence-electron chi connectivity index (χ0n) is 15.1. The Bertz CT molecular complexity index is 1050. The summed E-state index contributed by atoms with van der Waals surface area (Å²) in [6, 6.07) is 6.73. The number of amides is 1. The van der Waals surface area contributed by atoms with Crippen LogP contribution in [0.4, 0.5) is 5.82 Å². The minimum Gasteiger partial charge on any atom is -0.309 e. The summed E-state index contributed by atoms with van der Waals surface area (Å²) in [7, 11) is 1.76. The van der Waals surface area contributed by atoms with Gasteiger partial charge in [-0.2, -0.15) is 5.10 Å². The summed E-state index contributed by atoms with van der Waals surface area (Å²) < 4.78 is 2.87. The van der Waals surface area contributed by atoms with Crippen molar-refractivity contribution in [3.8, 4) is 0 Å². The van der Waals surface area contributed by atoms with Crippen LogP contribution in [0, 0.1) is 0 Å². The highest BCUT2D eigenvalue weighted by Gasteiger charge is 2.20. The lowest BCUT2D eigenvalue weighted by molar-refractivity contribution is -0.116. The summed E-state index contributed by atoms with van der Waals surface area (Å²) in [5.41, 5.74) is 0.971. The number of halogens is 1. The van der Waals surface area contributed by atoms with Crippen molar-refractivity contribution in [2.45, 2.75) is 32.7 Å². The standard InChI is InChI=1S/C18H20ClN5O2/c1-18(2,3)14-8-15(23(4)22-14)21-16(25)9-24-10-20-13-6-5-11(19)7-12(13)17(24)26/h5-8,10H,9H2,1-4H3,(H,21,25). The summed E-state index contributed by atoms with van der Waals surface area (Å²) in [4.78, 5) is 29.1. The highest BCUT2D eigenvalue weighted by Crippen LogP contribution is 2.23. The molecule has 0 unspecified atom stereocenters. The third kappa shape index (κ3) is 3.62. The fourth-order valence-electron chi connectivity index (χ4n) is 2.53. The molecule has 0 atom stereocenters. The lowest BCUT2D eigenvalue weighted by atomic mass is 9.92. The van der Waals surface area contributed by atoms with Gasteiger partial charge in [0.05, 0.1) is 22.9 Å². The van der Waals surface area contributed by atoms with Crippen molar-refractivity contribution in [2.75, 3.05) is 5.32 Å². The van der Waals surface area contributed by atoms with Gasteiger partial charge in [0.1, 0.15) is 12.4 Å². The van der Waals surface area contributed by atoms with E-state index in [-0.39, 0.29) is 23.4 Å². The third-order valence-corrected chi connectivity index (χ3v) is 4.25. The number of carbonyl (C=O) groups is 1. The van der Waals surface area contributed by atoms with E-state index in [9.17, 15) is 9.59 Å². The average Bonchev–Trinajstić information content (AvgIpc) is 2.92. The van der Waals surface area contributed by atoms with Crippen LogP contribution in [0.2, 0.25) is 5.02 Å². The van der Waals surface area contributed by atoms with Crippen molar-refractivity contribution in [3.05, 3.63) is 51.7 Å². The fraction of sp³-hybridized carbons (Fsp3) is 0.333. The predicted molar refractivity (Wildman–Crippen MR) is 102 cm³/mol. The first kappa shape index (κ1) is 18.1. The van der Waals surface area contributed by atoms with E-state index in [0.717, 1.165) is 5.69 Å². The molecule has 3 aromatic rings. The highest BCUT2D eigenvalue weighted by atomic mass is 35.5. The van der Waals surface area contributed by atoms with Crippen LogP contribution in [0.15, 0.2) is 35.4 Å². The molecule has 0 aliphatic carbocycles. The van der Waals surface area contributed by atoms with Crippen LogP contribution >= 0.6 is 11.6 Å². The van der Waals surface area contributed by atoms with E-state index in [1.807, 2.05) is 26.8 Å². The third-order valence-electron chi connectivity index (χ3n) is 4.02. The number of hydrogen-bond acceptors (Lipinski definition) is 4. The molecule has 1 amide bonds. The van der Waals surface area contributed by atoms with Crippen LogP contribution in [0.5, 0.6) is 0 Å². The Kier molecular flexibility index (Phi) is 4.58. The first-order valence-electron chi connectivity index (χ1n) is 8.14. The molecule has 3 rings (SSSR count). The number of rotatable bonds is 3. The maximum Gasteiger partial charge on any atom is 0.261 e. The summed E-state index contributed by atoms with van der Waals surface area (Å²) in [5, 5.41) is 8.03. The minimum absolute atomic E-state index is 0.126. The second kappa shape index (κ2) is 6.57. The van der Waals surface area contributed by atoms with E-state index < -0.39 is 0 Å². The van der Waals surface area contributed by atoms with Crippen LogP contribution in [-0.2, 0) is 23.8 Å². The number of nitrogens with one attached hydrogen (secondary N) is 1. The van der Waals surface area contributed by atoms with Gasteiger partial charge in [-0.05, 0) is 18.2 Å². The Balaban J connectivity index is 1.83. The molecule has 26 heavy (non-hydrogen) atoms. The number of hydrogen-bond donors (Lipinski definition) is 1. The molecule has 2 aromatic heterocycles. The first-order valence-corrected chi connectivity index (χ1v) is 8.52. The van der Waals surface area contributed by atoms with E-state index >= 15 is 0 Å². The van der Waals surface area contributed by atoms with Crippen LogP contribution in [-0.4, -0.2) is 25.2 Å². The van der Waals surface area contributed by atoms with Crippen LogP contribution < -0.4 is 10.9 Å². The largest absolute Gasteiger partial charge is 0.309 e. The van der Waals surface area contributed by atoms with Gasteiger partial charge in [-0.3, -0.25) is 18.8 Å². The van der Waals surface area contributed by atoms with Gasteiger partial charge in [-0.1, -0.05) is 32.4 Å². The minimum atomic E-state index is -0.335. The molecule has 1 aromatic carbocycles. The SMILES string of the molecule is Cn1nc(C(C)(C)C)cc1NC(=O)Cn1cnc2ccc(Cl)cc2c1=O. The Morgan fingerprint density at radius 1 is 1.27 bits per heavy atom. The molecular weight excluding hydrogens is 354 g/mol. The molecule has 0 aliphatic rings. The Labute approximate surface area is 155 Å². The van der Waals surface area contributed by atoms with Gasteiger partial charge < -0.3 is 5.32 Å². The number of fused-ring (bicyclic) bond motifs is 1. The van der Waals surface area contributed by atoms with E-state index in [1.165, 1.54) is 10.9 Å². The maximum atomic E-state index is 12.5. The van der Waals surface area contributed by atoms with Gasteiger partial charge in [0.2, 0.25) is 5.91 Å². The van der Waals surface area contributed by atoms with E-state index in [4.69, 9.17) is 11.6 Å². The molecule has 0 spiro atoms. The molecule has 2 heterocycles. The van der Waals surface area contributed by atoms with E-state index in [1.54, 1.807) is 29.9 Å². The van der Waals surface area contributed by atoms with Gasteiger partial charge in [-0.15, -0.1) is 0 Å². The smallest absolute Gasteiger partial charge is 0.261 e. The lowest BCUT2D eigenvalue weighted by Gasteiger charge is -2.13. The van der Waals surface area contributed by atoms with E-state index in [0.29, 0.717) is 21.7 Å². The summed E-state index contributed by atoms with van der Waals surface area (Å²) in [6.45, 7) is 6.00. The number of aryl methyl sites for hydroxylation is 1. The molecule has 8 heteroatoms. The molecule has 0 bridgehead atoms. The molecule has 0 saturated heterocycles. The number of aromatic nitrogens is 4. The number of benzene rings is 1. The van der Waals surface area contributed by atoms with Crippen molar-refractivity contribution >= 4 is 34.2 Å². The number of nitrogens with zero attached hydrogens (tertiary/aromatic N) is 4. The van der Waals surface area contributed by atoms with Crippen molar-refractivity contribution in [3.63, 3.8) is 0 Å². The number of anilines is 1. The zero-order chi connectivity index (χ0) is 19.1. The maximum absolute atomic E-state index is 12.5. The van der Waals surface area contributed by atoms with Crippen LogP contribution in [0.25, 0.3) is 10.9 Å². The van der Waals surface area contributed by atoms with Gasteiger partial charge in [0, 0.05) is 23.6 Å². The second-order valence-corrected chi connectivity index (χ2v) is 7.61. The Morgan fingerprint density at radius 3 is 2.65 bits per heavy atom. The second-order valence-electron chi connectivity index (χ2n) is 7.18. The van der Waals surface area contributed by atoms with Gasteiger partial charge >= 0.3 is 0 Å². The van der Waals surface area contributed by atoms with Gasteiger partial charge in [0.15, 0.2) is 0 Å². The molecule has 0 fully saturated rings.